The maximum Gasteiger partial charge on any atom is 0.250 e. The number of nitrogens with zero attached hydrogens (tertiary/aromatic N) is 1. The van der Waals surface area contributed by atoms with E-state index in [0.29, 0.717) is 12.4 Å². The minimum atomic E-state index is -0.195. The van der Waals surface area contributed by atoms with Crippen molar-refractivity contribution in [3.63, 3.8) is 0 Å². The lowest BCUT2D eigenvalue weighted by Gasteiger charge is -2.14. The number of hydrogen-bond donors (Lipinski definition) is 1. The summed E-state index contributed by atoms with van der Waals surface area (Å²) < 4.78 is 5.50. The van der Waals surface area contributed by atoms with Crippen LogP contribution in [0.3, 0.4) is 0 Å². The van der Waals surface area contributed by atoms with Gasteiger partial charge < -0.3 is 10.1 Å². The van der Waals surface area contributed by atoms with E-state index in [4.69, 9.17) is 4.74 Å². The molecule has 0 aromatic carbocycles. The minimum Gasteiger partial charge on any atom is -0.371 e. The van der Waals surface area contributed by atoms with Gasteiger partial charge in [-0.15, -0.1) is 0 Å². The summed E-state index contributed by atoms with van der Waals surface area (Å²) in [6, 6.07) is -0.195. The lowest BCUT2D eigenvalue weighted by Crippen LogP contribution is -2.36. The van der Waals surface area contributed by atoms with Crippen LogP contribution in [0.15, 0.2) is 4.99 Å². The number of carbonyl (C=O) groups is 1. The van der Waals surface area contributed by atoms with Crippen molar-refractivity contribution in [1.29, 1.82) is 0 Å². The molecule has 15 heavy (non-hydrogen) atoms. The van der Waals surface area contributed by atoms with Crippen LogP contribution in [-0.4, -0.2) is 30.5 Å². The first-order valence-electron chi connectivity index (χ1n) is 5.73. The van der Waals surface area contributed by atoms with Crippen molar-refractivity contribution < 1.29 is 9.53 Å². The smallest absolute Gasteiger partial charge is 0.250 e. The van der Waals surface area contributed by atoms with Gasteiger partial charge >= 0.3 is 0 Å². The van der Waals surface area contributed by atoms with E-state index in [1.54, 1.807) is 0 Å². The SMILES string of the molecule is CCCC1N=C(C(CC)OCC)NC1=O. The lowest BCUT2D eigenvalue weighted by molar-refractivity contribution is -0.120. The van der Waals surface area contributed by atoms with E-state index in [2.05, 4.69) is 17.2 Å². The first-order valence-corrected chi connectivity index (χ1v) is 5.73. The zero-order valence-electron chi connectivity index (χ0n) is 9.75. The van der Waals surface area contributed by atoms with Gasteiger partial charge in [-0.2, -0.15) is 0 Å². The van der Waals surface area contributed by atoms with Gasteiger partial charge in [0.05, 0.1) is 0 Å². The first kappa shape index (κ1) is 12.2. The number of aliphatic imine (C=N–C) groups is 1. The lowest BCUT2D eigenvalue weighted by atomic mass is 10.2. The summed E-state index contributed by atoms with van der Waals surface area (Å²) in [5, 5.41) is 2.81. The van der Waals surface area contributed by atoms with Crippen molar-refractivity contribution in [2.24, 2.45) is 4.99 Å². The second-order valence-electron chi connectivity index (χ2n) is 3.66. The van der Waals surface area contributed by atoms with Crippen molar-refractivity contribution in [2.75, 3.05) is 6.61 Å². The number of rotatable bonds is 6. The molecule has 0 fully saturated rings. The molecule has 0 radical (unpaired) electrons. The zero-order valence-corrected chi connectivity index (χ0v) is 9.75. The Morgan fingerprint density at radius 1 is 1.47 bits per heavy atom. The Morgan fingerprint density at radius 3 is 2.73 bits per heavy atom. The number of nitrogens with one attached hydrogen (secondary N) is 1. The Labute approximate surface area is 91.1 Å². The average Bonchev–Trinajstić information content (AvgIpc) is 2.57. The molecule has 2 unspecified atom stereocenters. The van der Waals surface area contributed by atoms with Crippen molar-refractivity contribution in [3.05, 3.63) is 0 Å². The molecular weight excluding hydrogens is 192 g/mol. The molecule has 0 aliphatic carbocycles. The first-order chi connectivity index (χ1) is 7.22. The molecule has 0 saturated carbocycles. The summed E-state index contributed by atoms with van der Waals surface area (Å²) in [7, 11) is 0. The molecule has 2 atom stereocenters. The van der Waals surface area contributed by atoms with Crippen molar-refractivity contribution >= 4 is 11.7 Å². The molecule has 0 saturated heterocycles. The predicted octanol–water partition coefficient (Wildman–Crippen LogP) is 1.50. The van der Waals surface area contributed by atoms with Gasteiger partial charge in [-0.25, -0.2) is 0 Å². The molecule has 0 spiro atoms. The highest BCUT2D eigenvalue weighted by molar-refractivity contribution is 6.07. The van der Waals surface area contributed by atoms with Gasteiger partial charge in [0.1, 0.15) is 18.0 Å². The quantitative estimate of drug-likeness (QED) is 0.725. The fourth-order valence-electron chi connectivity index (χ4n) is 1.69. The van der Waals surface area contributed by atoms with E-state index in [-0.39, 0.29) is 18.1 Å². The van der Waals surface area contributed by atoms with Gasteiger partial charge in [-0.3, -0.25) is 9.79 Å². The fraction of sp³-hybridized carbons (Fsp3) is 0.818. The van der Waals surface area contributed by atoms with Crippen LogP contribution in [0.2, 0.25) is 0 Å². The summed E-state index contributed by atoms with van der Waals surface area (Å²) in [5.41, 5.74) is 0. The third-order valence-electron chi connectivity index (χ3n) is 2.45. The molecule has 4 heteroatoms. The van der Waals surface area contributed by atoms with E-state index in [1.807, 2.05) is 13.8 Å². The van der Waals surface area contributed by atoms with Crippen LogP contribution < -0.4 is 5.32 Å². The maximum absolute atomic E-state index is 11.5. The average molecular weight is 212 g/mol. The van der Waals surface area contributed by atoms with Crippen molar-refractivity contribution in [3.8, 4) is 0 Å². The third-order valence-corrected chi connectivity index (χ3v) is 2.45. The predicted molar refractivity (Wildman–Crippen MR) is 60.0 cm³/mol. The van der Waals surface area contributed by atoms with Crippen molar-refractivity contribution in [2.45, 2.75) is 52.2 Å². The summed E-state index contributed by atoms with van der Waals surface area (Å²) in [4.78, 5) is 15.9. The second-order valence-corrected chi connectivity index (χ2v) is 3.66. The molecule has 0 aromatic rings. The normalized spacial score (nSPS) is 22.5. The van der Waals surface area contributed by atoms with E-state index < -0.39 is 0 Å². The van der Waals surface area contributed by atoms with E-state index in [0.717, 1.165) is 19.3 Å². The number of amidine groups is 1. The van der Waals surface area contributed by atoms with E-state index in [1.165, 1.54) is 0 Å². The van der Waals surface area contributed by atoms with Crippen LogP contribution in [-0.2, 0) is 9.53 Å². The Bertz CT molecular complexity index is 251. The zero-order chi connectivity index (χ0) is 11.3. The monoisotopic (exact) mass is 212 g/mol. The van der Waals surface area contributed by atoms with Crippen LogP contribution in [0, 0.1) is 0 Å². The van der Waals surface area contributed by atoms with Gasteiger partial charge in [-0.05, 0) is 19.8 Å². The highest BCUT2D eigenvalue weighted by Crippen LogP contribution is 2.12. The van der Waals surface area contributed by atoms with Gasteiger partial charge in [-0.1, -0.05) is 20.3 Å². The molecule has 1 N–H and O–H groups in total. The number of ether oxygens (including phenoxy) is 1. The Balaban J connectivity index is 2.62. The molecule has 1 aliphatic rings. The van der Waals surface area contributed by atoms with Crippen LogP contribution in [0.5, 0.6) is 0 Å². The minimum absolute atomic E-state index is 0.0185. The largest absolute Gasteiger partial charge is 0.371 e. The fourth-order valence-corrected chi connectivity index (χ4v) is 1.69. The molecule has 0 bridgehead atoms. The second kappa shape index (κ2) is 5.85. The van der Waals surface area contributed by atoms with Gasteiger partial charge in [0, 0.05) is 6.61 Å². The highest BCUT2D eigenvalue weighted by atomic mass is 16.5. The topological polar surface area (TPSA) is 50.7 Å². The van der Waals surface area contributed by atoms with Crippen LogP contribution in [0.4, 0.5) is 0 Å². The van der Waals surface area contributed by atoms with E-state index in [9.17, 15) is 4.79 Å². The Kier molecular flexibility index (Phi) is 4.75. The highest BCUT2D eigenvalue weighted by Gasteiger charge is 2.29. The van der Waals surface area contributed by atoms with Crippen LogP contribution in [0.1, 0.15) is 40.0 Å². The number of hydrogen-bond acceptors (Lipinski definition) is 3. The standard InChI is InChI=1S/C11H20N2O2/c1-4-7-8-11(14)13-10(12-8)9(5-2)15-6-3/h8-9H,4-7H2,1-3H3,(H,12,13,14). The number of carbonyl (C=O) groups excluding carboxylic acids is 1. The molecule has 1 heterocycles. The van der Waals surface area contributed by atoms with Crippen LogP contribution >= 0.6 is 0 Å². The summed E-state index contributed by atoms with van der Waals surface area (Å²) in [5.74, 6) is 0.729. The third kappa shape index (κ3) is 3.02. The molecule has 86 valence electrons. The maximum atomic E-state index is 11.5. The molecule has 0 aromatic heterocycles. The van der Waals surface area contributed by atoms with E-state index >= 15 is 0 Å². The van der Waals surface area contributed by atoms with Gasteiger partial charge in [0.2, 0.25) is 5.91 Å². The molecular formula is C11H20N2O2. The number of amides is 1. The summed E-state index contributed by atoms with van der Waals surface area (Å²) >= 11 is 0. The molecule has 1 aliphatic heterocycles. The Morgan fingerprint density at radius 2 is 2.20 bits per heavy atom. The van der Waals surface area contributed by atoms with Crippen LogP contribution in [0.25, 0.3) is 0 Å². The van der Waals surface area contributed by atoms with Gasteiger partial charge in [0.25, 0.3) is 0 Å². The molecule has 4 nitrogen and oxygen atoms in total. The Hall–Kier alpha value is -0.900. The molecule has 1 amide bonds. The van der Waals surface area contributed by atoms with Crippen molar-refractivity contribution in [1.82, 2.24) is 5.32 Å². The van der Waals surface area contributed by atoms with Gasteiger partial charge in [0.15, 0.2) is 0 Å². The summed E-state index contributed by atoms with van der Waals surface area (Å²) in [6.45, 7) is 6.68. The summed E-state index contributed by atoms with van der Waals surface area (Å²) in [6.07, 6.45) is 2.57. The molecule has 1 rings (SSSR count).